The molecule has 8 heteroatoms. The van der Waals surface area contributed by atoms with Gasteiger partial charge in [-0.25, -0.2) is 5.43 Å². The lowest BCUT2D eigenvalue weighted by molar-refractivity contribution is -0.386. The number of nitro groups is 1. The van der Waals surface area contributed by atoms with E-state index in [0.717, 1.165) is 11.1 Å². The van der Waals surface area contributed by atoms with E-state index in [1.807, 2.05) is 60.7 Å². The molecule has 0 unspecified atom stereocenters. The van der Waals surface area contributed by atoms with Gasteiger partial charge in [0, 0.05) is 17.0 Å². The number of nitrogens with one attached hydrogen (secondary N) is 1. The molecular formula is C25H23N3O5. The highest BCUT2D eigenvalue weighted by molar-refractivity contribution is 5.88. The normalized spacial score (nSPS) is 16.3. The van der Waals surface area contributed by atoms with Crippen LogP contribution in [0.1, 0.15) is 30.0 Å². The Labute approximate surface area is 190 Å². The molecular weight excluding hydrogens is 422 g/mol. The Morgan fingerprint density at radius 2 is 1.79 bits per heavy atom. The average Bonchev–Trinajstić information content (AvgIpc) is 3.59. The number of carbonyl (C=O) groups excluding carboxylic acids is 1. The number of nitro benzene ring substituents is 1. The lowest BCUT2D eigenvalue weighted by Crippen LogP contribution is -2.25. The van der Waals surface area contributed by atoms with Gasteiger partial charge in [0.15, 0.2) is 5.75 Å². The van der Waals surface area contributed by atoms with Crippen LogP contribution >= 0.6 is 0 Å². The van der Waals surface area contributed by atoms with Crippen molar-refractivity contribution in [2.45, 2.75) is 18.8 Å². The van der Waals surface area contributed by atoms with Crippen LogP contribution in [0.15, 0.2) is 77.9 Å². The highest BCUT2D eigenvalue weighted by atomic mass is 16.6. The fourth-order valence-electron chi connectivity index (χ4n) is 4.20. The van der Waals surface area contributed by atoms with Crippen LogP contribution in [0.2, 0.25) is 0 Å². The first-order valence-electron chi connectivity index (χ1n) is 10.6. The van der Waals surface area contributed by atoms with Crippen molar-refractivity contribution in [2.75, 3.05) is 6.61 Å². The summed E-state index contributed by atoms with van der Waals surface area (Å²) in [6.07, 6.45) is 1.95. The zero-order chi connectivity index (χ0) is 23.4. The number of carbonyl (C=O) groups is 1. The molecule has 4 rings (SSSR count). The van der Waals surface area contributed by atoms with E-state index in [0.29, 0.717) is 12.0 Å². The number of amides is 1. The SMILES string of the molecule is CCOc1cc(/C=N/NC(=O)[C@H]2CC2(c2ccccc2)c2ccccc2)cc([N+](=O)[O-])c1O. The van der Waals surface area contributed by atoms with E-state index in [-0.39, 0.29) is 24.2 Å². The average molecular weight is 445 g/mol. The second-order valence-corrected chi connectivity index (χ2v) is 7.77. The van der Waals surface area contributed by atoms with Crippen molar-refractivity contribution < 1.29 is 19.6 Å². The summed E-state index contributed by atoms with van der Waals surface area (Å²) < 4.78 is 5.27. The van der Waals surface area contributed by atoms with Crippen LogP contribution < -0.4 is 10.2 Å². The molecule has 0 spiro atoms. The van der Waals surface area contributed by atoms with E-state index in [9.17, 15) is 20.0 Å². The molecule has 1 amide bonds. The van der Waals surface area contributed by atoms with E-state index >= 15 is 0 Å². The summed E-state index contributed by atoms with van der Waals surface area (Å²) >= 11 is 0. The quantitative estimate of drug-likeness (QED) is 0.307. The predicted molar refractivity (Wildman–Crippen MR) is 123 cm³/mol. The molecule has 8 nitrogen and oxygen atoms in total. The lowest BCUT2D eigenvalue weighted by Gasteiger charge is -2.18. The third-order valence-electron chi connectivity index (χ3n) is 5.82. The molecule has 3 aromatic carbocycles. The fraction of sp³-hybridized carbons (Fsp3) is 0.200. The van der Waals surface area contributed by atoms with Gasteiger partial charge in [0.25, 0.3) is 0 Å². The summed E-state index contributed by atoms with van der Waals surface area (Å²) in [7, 11) is 0. The molecule has 0 heterocycles. The molecule has 0 bridgehead atoms. The van der Waals surface area contributed by atoms with Crippen LogP contribution in [0.5, 0.6) is 11.5 Å². The Kier molecular flexibility index (Phi) is 6.08. The molecule has 1 atom stereocenters. The fourth-order valence-corrected chi connectivity index (χ4v) is 4.20. The number of benzene rings is 3. The maximum atomic E-state index is 13.0. The van der Waals surface area contributed by atoms with Gasteiger partial charge >= 0.3 is 5.69 Å². The molecule has 0 aromatic heterocycles. The molecule has 33 heavy (non-hydrogen) atoms. The molecule has 0 aliphatic heterocycles. The summed E-state index contributed by atoms with van der Waals surface area (Å²) in [5.74, 6) is -1.10. The van der Waals surface area contributed by atoms with Crippen LogP contribution in [0.4, 0.5) is 5.69 Å². The molecule has 1 saturated carbocycles. The summed E-state index contributed by atoms with van der Waals surface area (Å²) in [6, 6.07) is 22.4. The number of phenols is 1. The maximum absolute atomic E-state index is 13.0. The van der Waals surface area contributed by atoms with Crippen molar-refractivity contribution >= 4 is 17.8 Å². The number of hydrogen-bond donors (Lipinski definition) is 2. The van der Waals surface area contributed by atoms with E-state index in [1.54, 1.807) is 6.92 Å². The van der Waals surface area contributed by atoms with Crippen molar-refractivity contribution in [3.8, 4) is 11.5 Å². The number of aromatic hydroxyl groups is 1. The number of hydrazone groups is 1. The number of rotatable bonds is 8. The second-order valence-electron chi connectivity index (χ2n) is 7.77. The Morgan fingerprint density at radius 3 is 2.33 bits per heavy atom. The first-order chi connectivity index (χ1) is 16.0. The highest BCUT2D eigenvalue weighted by Gasteiger charge is 2.60. The summed E-state index contributed by atoms with van der Waals surface area (Å²) in [4.78, 5) is 23.5. The summed E-state index contributed by atoms with van der Waals surface area (Å²) in [6.45, 7) is 1.93. The third-order valence-corrected chi connectivity index (χ3v) is 5.82. The molecule has 168 valence electrons. The molecule has 3 aromatic rings. The van der Waals surface area contributed by atoms with Crippen LogP contribution in [-0.4, -0.2) is 28.8 Å². The minimum absolute atomic E-state index is 0.0196. The van der Waals surface area contributed by atoms with E-state index in [1.165, 1.54) is 18.3 Å². The van der Waals surface area contributed by atoms with Gasteiger partial charge in [0.1, 0.15) is 0 Å². The first kappa shape index (κ1) is 22.0. The Morgan fingerprint density at radius 1 is 1.18 bits per heavy atom. The van der Waals surface area contributed by atoms with Gasteiger partial charge < -0.3 is 9.84 Å². The highest BCUT2D eigenvalue weighted by Crippen LogP contribution is 2.58. The lowest BCUT2D eigenvalue weighted by atomic mass is 9.85. The van der Waals surface area contributed by atoms with Crippen LogP contribution in [0, 0.1) is 16.0 Å². The maximum Gasteiger partial charge on any atom is 0.315 e. The largest absolute Gasteiger partial charge is 0.500 e. The monoisotopic (exact) mass is 445 g/mol. The van der Waals surface area contributed by atoms with E-state index < -0.39 is 21.8 Å². The molecule has 0 saturated heterocycles. The molecule has 1 aliphatic rings. The minimum atomic E-state index is -0.702. The van der Waals surface area contributed by atoms with Gasteiger partial charge in [-0.05, 0) is 30.5 Å². The van der Waals surface area contributed by atoms with Crippen molar-refractivity contribution in [1.82, 2.24) is 5.43 Å². The molecule has 1 fully saturated rings. The topological polar surface area (TPSA) is 114 Å². The Hall–Kier alpha value is -4.20. The molecule has 0 radical (unpaired) electrons. The predicted octanol–water partition coefficient (Wildman–Crippen LogP) is 4.16. The van der Waals surface area contributed by atoms with Crippen molar-refractivity contribution in [3.63, 3.8) is 0 Å². The van der Waals surface area contributed by atoms with Crippen molar-refractivity contribution in [3.05, 3.63) is 99.6 Å². The standard InChI is InChI=1S/C25H23N3O5/c1-2-33-22-14-17(13-21(23(22)29)28(31)32)16-26-27-24(30)20-15-25(20,18-9-5-3-6-10-18)19-11-7-4-8-12-19/h3-14,16,20,29H,2,15H2,1H3,(H,27,30)/b26-16+/t20-/m1/s1. The number of nitrogens with zero attached hydrogens (tertiary/aromatic N) is 2. The Bertz CT molecular complexity index is 1160. The zero-order valence-electron chi connectivity index (χ0n) is 18.0. The third kappa shape index (κ3) is 4.27. The van der Waals surface area contributed by atoms with Gasteiger partial charge in [-0.3, -0.25) is 14.9 Å². The summed E-state index contributed by atoms with van der Waals surface area (Å²) in [5, 5.41) is 25.2. The summed E-state index contributed by atoms with van der Waals surface area (Å²) in [5.41, 5.74) is 4.09. The van der Waals surface area contributed by atoms with Gasteiger partial charge in [0.2, 0.25) is 11.7 Å². The smallest absolute Gasteiger partial charge is 0.315 e. The van der Waals surface area contributed by atoms with Crippen LogP contribution in [0.3, 0.4) is 0 Å². The van der Waals surface area contributed by atoms with Gasteiger partial charge in [-0.2, -0.15) is 5.10 Å². The number of phenolic OH excluding ortho intramolecular Hbond substituents is 1. The van der Waals surface area contributed by atoms with Crippen molar-refractivity contribution in [1.29, 1.82) is 0 Å². The van der Waals surface area contributed by atoms with Gasteiger partial charge in [0.05, 0.1) is 23.7 Å². The molecule has 1 aliphatic carbocycles. The zero-order valence-corrected chi connectivity index (χ0v) is 18.0. The van der Waals surface area contributed by atoms with E-state index in [4.69, 9.17) is 4.74 Å². The first-order valence-corrected chi connectivity index (χ1v) is 10.6. The van der Waals surface area contributed by atoms with Gasteiger partial charge in [-0.15, -0.1) is 0 Å². The molecule has 2 N–H and O–H groups in total. The van der Waals surface area contributed by atoms with E-state index in [2.05, 4.69) is 10.5 Å². The number of hydrogen-bond acceptors (Lipinski definition) is 6. The van der Waals surface area contributed by atoms with Gasteiger partial charge in [-0.1, -0.05) is 60.7 Å². The second kappa shape index (κ2) is 9.12. The van der Waals surface area contributed by atoms with Crippen molar-refractivity contribution in [2.24, 2.45) is 11.0 Å². The number of ether oxygens (including phenoxy) is 1. The van der Waals surface area contributed by atoms with Crippen LogP contribution in [-0.2, 0) is 10.2 Å². The minimum Gasteiger partial charge on any atom is -0.500 e. The Balaban J connectivity index is 1.54. The van der Waals surface area contributed by atoms with Crippen LogP contribution in [0.25, 0.3) is 0 Å².